The fourth-order valence-corrected chi connectivity index (χ4v) is 4.00. The summed E-state index contributed by atoms with van der Waals surface area (Å²) in [6, 6.07) is 2.24. The first-order valence-corrected chi connectivity index (χ1v) is 10.7. The molecule has 0 bridgehead atoms. The van der Waals surface area contributed by atoms with Crippen LogP contribution in [-0.4, -0.2) is 59.2 Å². The Kier molecular flexibility index (Phi) is 4.15. The molecular weight excluding hydrogens is 438 g/mol. The lowest BCUT2D eigenvalue weighted by Crippen LogP contribution is -2.52. The van der Waals surface area contributed by atoms with Crippen molar-refractivity contribution in [3.63, 3.8) is 0 Å². The number of ether oxygens (including phenoxy) is 2. The van der Waals surface area contributed by atoms with Crippen LogP contribution in [0.3, 0.4) is 0 Å². The normalized spacial score (nSPS) is 24.2. The van der Waals surface area contributed by atoms with Gasteiger partial charge in [-0.2, -0.15) is 0 Å². The van der Waals surface area contributed by atoms with Crippen LogP contribution in [0.25, 0.3) is 0 Å². The van der Waals surface area contributed by atoms with Crippen LogP contribution in [0.1, 0.15) is 49.5 Å². The summed E-state index contributed by atoms with van der Waals surface area (Å²) in [5.74, 6) is -2.28. The third kappa shape index (κ3) is 4.38. The molecule has 1 atom stereocenters. The van der Waals surface area contributed by atoms with Crippen LogP contribution < -0.4 is 10.1 Å². The molecule has 5 rings (SSSR count). The van der Waals surface area contributed by atoms with Gasteiger partial charge in [-0.15, -0.1) is 0 Å². The molecule has 3 aliphatic heterocycles. The molecule has 0 radical (unpaired) electrons. The number of fused-ring (bicyclic) bond motifs is 1. The van der Waals surface area contributed by atoms with Crippen LogP contribution in [0.2, 0.25) is 0 Å². The Balaban J connectivity index is 1.45. The van der Waals surface area contributed by atoms with E-state index in [2.05, 4.69) is 5.32 Å². The van der Waals surface area contributed by atoms with Crippen molar-refractivity contribution in [1.29, 1.82) is 0 Å². The second-order valence-corrected chi connectivity index (χ2v) is 7.92. The quantitative estimate of drug-likeness (QED) is 0.640. The minimum absolute atomic E-state index is 0.0546. The lowest BCUT2D eigenvalue weighted by molar-refractivity contribution is -0.143. The number of imide groups is 1. The number of nitrogens with zero attached hydrogens (tertiary/aromatic N) is 2. The van der Waals surface area contributed by atoms with Crippen molar-refractivity contribution < 1.29 is 38.2 Å². The summed E-state index contributed by atoms with van der Waals surface area (Å²) in [7, 11) is 0. The number of amides is 4. The van der Waals surface area contributed by atoms with Crippen LogP contribution in [0.4, 0.5) is 0 Å². The molecule has 9 nitrogen and oxygen atoms in total. The summed E-state index contributed by atoms with van der Waals surface area (Å²) in [5, 5.41) is 2.21. The SMILES string of the molecule is [2H]c1cc(C([2H])([2H])Oc2cccc3c2CN(C2CCC(=O)NC2=O)C3=O)c([2H])c([2H])c1C([2H])([2H])N1CCOCC1=O. The van der Waals surface area contributed by atoms with Crippen molar-refractivity contribution in [3.05, 3.63) is 64.6 Å². The maximum absolute atomic E-state index is 13.1. The third-order valence-corrected chi connectivity index (χ3v) is 5.73. The Labute approximate surface area is 206 Å². The number of hydrogen-bond acceptors (Lipinski definition) is 6. The first kappa shape index (κ1) is 15.2. The van der Waals surface area contributed by atoms with E-state index in [9.17, 15) is 19.2 Å². The topological polar surface area (TPSA) is 105 Å². The number of carbonyl (C=O) groups is 4. The monoisotopic (exact) mass is 470 g/mol. The second-order valence-electron chi connectivity index (χ2n) is 7.92. The van der Waals surface area contributed by atoms with Gasteiger partial charge in [-0.1, -0.05) is 30.3 Å². The molecule has 0 saturated carbocycles. The third-order valence-electron chi connectivity index (χ3n) is 5.73. The summed E-state index contributed by atoms with van der Waals surface area (Å²) in [4.78, 5) is 51.4. The zero-order valence-corrected chi connectivity index (χ0v) is 18.0. The largest absolute Gasteiger partial charge is 0.489 e. The second kappa shape index (κ2) is 9.26. The van der Waals surface area contributed by atoms with Gasteiger partial charge in [0.25, 0.3) is 5.91 Å². The Morgan fingerprint density at radius 3 is 2.82 bits per heavy atom. The average Bonchev–Trinajstić information content (AvgIpc) is 3.23. The lowest BCUT2D eigenvalue weighted by Gasteiger charge is -2.29. The van der Waals surface area contributed by atoms with Crippen molar-refractivity contribution in [2.75, 3.05) is 19.8 Å². The standard InChI is InChI=1S/C25H25N3O6/c29-22-9-8-20(24(31)26-22)28-13-19-18(25(28)32)2-1-3-21(19)34-14-17-6-4-16(5-7-17)12-27-10-11-33-15-23(27)30/h1-7,20H,8-15H2,(H,26,29,31)/i4D,5D,6D,12D2,14D2. The maximum atomic E-state index is 13.1. The summed E-state index contributed by atoms with van der Waals surface area (Å²) in [6.07, 6.45) is 0.200. The van der Waals surface area contributed by atoms with Crippen LogP contribution in [0, 0.1) is 0 Å². The van der Waals surface area contributed by atoms with Gasteiger partial charge in [0.15, 0.2) is 0 Å². The van der Waals surface area contributed by atoms with Gasteiger partial charge in [0.2, 0.25) is 17.7 Å². The number of carbonyl (C=O) groups excluding carboxylic acids is 4. The molecule has 3 aliphatic rings. The molecule has 4 amide bonds. The summed E-state index contributed by atoms with van der Waals surface area (Å²) >= 11 is 0. The molecule has 2 saturated heterocycles. The number of rotatable bonds is 6. The summed E-state index contributed by atoms with van der Waals surface area (Å²) in [6.45, 7) is -5.97. The van der Waals surface area contributed by atoms with Gasteiger partial charge in [-0.3, -0.25) is 24.5 Å². The van der Waals surface area contributed by atoms with Crippen molar-refractivity contribution in [2.45, 2.75) is 38.5 Å². The first-order chi connectivity index (χ1) is 19.2. The number of piperidine rings is 1. The zero-order chi connectivity index (χ0) is 29.9. The fourth-order valence-electron chi connectivity index (χ4n) is 4.00. The minimum Gasteiger partial charge on any atom is -0.489 e. The molecule has 0 aromatic heterocycles. The summed E-state index contributed by atoms with van der Waals surface area (Å²) < 4.78 is 70.2. The van der Waals surface area contributed by atoms with Gasteiger partial charge in [0, 0.05) is 30.6 Å². The van der Waals surface area contributed by atoms with E-state index >= 15 is 0 Å². The predicted octanol–water partition coefficient (Wildman–Crippen LogP) is 1.39. The van der Waals surface area contributed by atoms with E-state index in [1.807, 2.05) is 0 Å². The molecule has 2 fully saturated rings. The van der Waals surface area contributed by atoms with E-state index in [-0.39, 0.29) is 56.0 Å². The smallest absolute Gasteiger partial charge is 0.255 e. The highest BCUT2D eigenvalue weighted by atomic mass is 16.5. The minimum atomic E-state index is -2.80. The van der Waals surface area contributed by atoms with E-state index < -0.39 is 72.0 Å². The van der Waals surface area contributed by atoms with E-state index in [0.29, 0.717) is 0 Å². The average molecular weight is 471 g/mol. The van der Waals surface area contributed by atoms with Crippen molar-refractivity contribution in [2.24, 2.45) is 0 Å². The Morgan fingerprint density at radius 1 is 1.15 bits per heavy atom. The van der Waals surface area contributed by atoms with Gasteiger partial charge in [0.1, 0.15) is 25.0 Å². The molecule has 2 aromatic carbocycles. The molecule has 2 aromatic rings. The van der Waals surface area contributed by atoms with Crippen molar-refractivity contribution in [1.82, 2.24) is 15.1 Å². The van der Waals surface area contributed by atoms with Crippen LogP contribution in [-0.2, 0) is 38.7 Å². The molecule has 176 valence electrons. The van der Waals surface area contributed by atoms with Gasteiger partial charge in [-0.25, -0.2) is 0 Å². The van der Waals surface area contributed by atoms with Crippen molar-refractivity contribution >= 4 is 23.6 Å². The molecule has 0 spiro atoms. The van der Waals surface area contributed by atoms with Crippen molar-refractivity contribution in [3.8, 4) is 5.75 Å². The van der Waals surface area contributed by atoms with Gasteiger partial charge in [-0.05, 0) is 29.7 Å². The maximum Gasteiger partial charge on any atom is 0.255 e. The Bertz CT molecular complexity index is 1480. The highest BCUT2D eigenvalue weighted by Gasteiger charge is 2.40. The first-order valence-electron chi connectivity index (χ1n) is 14.2. The number of morpholine rings is 1. The van der Waals surface area contributed by atoms with Gasteiger partial charge in [0.05, 0.1) is 22.7 Å². The van der Waals surface area contributed by atoms with E-state index in [0.717, 1.165) is 11.0 Å². The highest BCUT2D eigenvalue weighted by Crippen LogP contribution is 2.34. The van der Waals surface area contributed by atoms with E-state index in [1.165, 1.54) is 23.1 Å². The van der Waals surface area contributed by atoms with E-state index in [1.54, 1.807) is 0 Å². The molecule has 0 aliphatic carbocycles. The molecule has 9 heteroatoms. The molecule has 34 heavy (non-hydrogen) atoms. The Hall–Kier alpha value is -3.72. The van der Waals surface area contributed by atoms with Gasteiger partial charge >= 0.3 is 0 Å². The van der Waals surface area contributed by atoms with Crippen LogP contribution >= 0.6 is 0 Å². The number of nitrogens with one attached hydrogen (secondary N) is 1. The highest BCUT2D eigenvalue weighted by molar-refractivity contribution is 6.05. The summed E-state index contributed by atoms with van der Waals surface area (Å²) in [5.41, 5.74) is -0.628. The molecule has 1 N–H and O–H groups in total. The molecule has 3 heterocycles. The van der Waals surface area contributed by atoms with Crippen LogP contribution in [0.15, 0.2) is 42.4 Å². The van der Waals surface area contributed by atoms with Gasteiger partial charge < -0.3 is 19.3 Å². The fraction of sp³-hybridized carbons (Fsp3) is 0.360. The Morgan fingerprint density at radius 2 is 2.00 bits per heavy atom. The molecule has 1 unspecified atom stereocenters. The predicted molar refractivity (Wildman–Crippen MR) is 119 cm³/mol. The zero-order valence-electron chi connectivity index (χ0n) is 25.0. The molecular formula is C25H25N3O6. The number of hydrogen-bond donors (Lipinski definition) is 1. The van der Waals surface area contributed by atoms with E-state index in [4.69, 9.17) is 19.1 Å². The van der Waals surface area contributed by atoms with Crippen LogP contribution in [0.5, 0.6) is 5.75 Å². The lowest BCUT2D eigenvalue weighted by atomic mass is 10.0. The number of benzene rings is 2.